The van der Waals surface area contributed by atoms with Gasteiger partial charge in [-0.15, -0.1) is 0 Å². The van der Waals surface area contributed by atoms with Gasteiger partial charge in [0.15, 0.2) is 0 Å². The first-order valence-corrected chi connectivity index (χ1v) is 20.7. The molecule has 0 aliphatic rings. The fraction of sp³-hybridized carbons (Fsp3) is 0.158. The molecule has 60 heavy (non-hydrogen) atoms. The van der Waals surface area contributed by atoms with Crippen LogP contribution < -0.4 is 14.7 Å². The van der Waals surface area contributed by atoms with Crippen molar-refractivity contribution >= 4 is 34.1 Å². The first kappa shape index (κ1) is 44.3. The van der Waals surface area contributed by atoms with Crippen molar-refractivity contribution in [1.29, 1.82) is 0 Å². The third kappa shape index (κ3) is 13.4. The zero-order valence-electron chi connectivity index (χ0n) is 37.0. The summed E-state index contributed by atoms with van der Waals surface area (Å²) < 4.78 is 0. The fourth-order valence-electron chi connectivity index (χ4n) is 6.66. The Morgan fingerprint density at radius 1 is 0.233 bits per heavy atom. The van der Waals surface area contributed by atoms with Crippen LogP contribution in [0, 0.1) is 41.5 Å². The number of hydrogen-bond acceptors (Lipinski definition) is 3. The Hall–Kier alpha value is -6.84. The second kappa shape index (κ2) is 22.3. The van der Waals surface area contributed by atoms with Gasteiger partial charge in [-0.05, 0) is 153 Å². The van der Waals surface area contributed by atoms with Crippen molar-refractivity contribution in [2.75, 3.05) is 35.8 Å². The van der Waals surface area contributed by atoms with E-state index in [0.29, 0.717) is 0 Å². The van der Waals surface area contributed by atoms with Crippen molar-refractivity contribution in [3.8, 4) is 11.1 Å². The zero-order chi connectivity index (χ0) is 42.9. The van der Waals surface area contributed by atoms with Crippen molar-refractivity contribution in [2.24, 2.45) is 0 Å². The van der Waals surface area contributed by atoms with Gasteiger partial charge in [0.05, 0.1) is 0 Å². The van der Waals surface area contributed by atoms with E-state index in [0.717, 1.165) is 0 Å². The summed E-state index contributed by atoms with van der Waals surface area (Å²) in [6.07, 6.45) is 0. The predicted octanol–water partition coefficient (Wildman–Crippen LogP) is 15.6. The van der Waals surface area contributed by atoms with Gasteiger partial charge in [-0.25, -0.2) is 0 Å². The van der Waals surface area contributed by atoms with Crippen LogP contribution in [0.15, 0.2) is 206 Å². The van der Waals surface area contributed by atoms with E-state index in [1.807, 2.05) is 18.2 Å². The van der Waals surface area contributed by atoms with E-state index >= 15 is 0 Å². The number of benzene rings is 8. The molecule has 0 amide bonds. The minimum atomic E-state index is 1.21. The smallest absolute Gasteiger partial charge is 0.0410 e. The molecular weight excluding hydrogens is 727 g/mol. The summed E-state index contributed by atoms with van der Waals surface area (Å²) in [6.45, 7) is 12.8. The maximum Gasteiger partial charge on any atom is 0.0410 e. The summed E-state index contributed by atoms with van der Waals surface area (Å²) in [4.78, 5) is 6.56. The van der Waals surface area contributed by atoms with E-state index in [-0.39, 0.29) is 0 Å². The molecule has 3 heteroatoms. The Morgan fingerprint density at radius 3 is 0.883 bits per heavy atom. The van der Waals surface area contributed by atoms with Crippen LogP contribution in [0.3, 0.4) is 0 Å². The number of rotatable bonds is 7. The molecule has 0 unspecified atom stereocenters. The summed E-state index contributed by atoms with van der Waals surface area (Å²) in [5, 5.41) is 0. The highest BCUT2D eigenvalue weighted by atomic mass is 15.1. The van der Waals surface area contributed by atoms with E-state index in [9.17, 15) is 0 Å². The topological polar surface area (TPSA) is 9.72 Å². The van der Waals surface area contributed by atoms with Gasteiger partial charge in [-0.2, -0.15) is 0 Å². The third-order valence-electron chi connectivity index (χ3n) is 10.5. The molecule has 0 aliphatic carbocycles. The summed E-state index contributed by atoms with van der Waals surface area (Å²) in [5.41, 5.74) is 17.8. The van der Waals surface area contributed by atoms with E-state index in [2.05, 4.69) is 265 Å². The number of nitrogens with zero attached hydrogens (tertiary/aromatic N) is 3. The van der Waals surface area contributed by atoms with E-state index < -0.39 is 0 Å². The molecular formula is C57H61N3. The Bertz CT molecular complexity index is 2410. The number of anilines is 6. The first-order chi connectivity index (χ1) is 29.0. The highest BCUT2D eigenvalue weighted by Crippen LogP contribution is 2.26. The second-order valence-electron chi connectivity index (χ2n) is 15.4. The first-order valence-electron chi connectivity index (χ1n) is 20.7. The van der Waals surface area contributed by atoms with Gasteiger partial charge in [0, 0.05) is 55.3 Å². The van der Waals surface area contributed by atoms with Gasteiger partial charge in [-0.1, -0.05) is 139 Å². The molecule has 0 heterocycles. The SMILES string of the molecule is CN(c1ccccc1)c1ccccc1.Cc1cccc(-c2ccc(C)c(C)c2)c1.Cc1cccc(N(C)c2cccc(C)c2)c1.Cc1cccc(N(C)c2ccccc2)c1. The lowest BCUT2D eigenvalue weighted by Crippen LogP contribution is -2.09. The van der Waals surface area contributed by atoms with Crippen LogP contribution in [0.2, 0.25) is 0 Å². The number of para-hydroxylation sites is 3. The minimum absolute atomic E-state index is 1.21. The van der Waals surface area contributed by atoms with Gasteiger partial charge in [0.25, 0.3) is 0 Å². The Balaban J connectivity index is 0.000000152. The van der Waals surface area contributed by atoms with Gasteiger partial charge in [0.1, 0.15) is 0 Å². The van der Waals surface area contributed by atoms with Crippen LogP contribution in [0.1, 0.15) is 33.4 Å². The molecule has 0 aromatic heterocycles. The number of aryl methyl sites for hydroxylation is 6. The molecule has 0 saturated carbocycles. The molecule has 304 valence electrons. The van der Waals surface area contributed by atoms with E-state index in [1.54, 1.807) is 0 Å². The average molecular weight is 788 g/mol. The van der Waals surface area contributed by atoms with Crippen molar-refractivity contribution in [1.82, 2.24) is 0 Å². The molecule has 0 aliphatic heterocycles. The van der Waals surface area contributed by atoms with Gasteiger partial charge in [-0.3, -0.25) is 0 Å². The molecule has 8 aromatic rings. The van der Waals surface area contributed by atoms with E-state index in [1.165, 1.54) is 78.6 Å². The average Bonchev–Trinajstić information content (AvgIpc) is 3.28. The zero-order valence-corrected chi connectivity index (χ0v) is 37.0. The molecule has 0 N–H and O–H groups in total. The molecule has 0 radical (unpaired) electrons. The molecule has 0 fully saturated rings. The van der Waals surface area contributed by atoms with E-state index in [4.69, 9.17) is 0 Å². The third-order valence-corrected chi connectivity index (χ3v) is 10.5. The molecule has 8 aromatic carbocycles. The van der Waals surface area contributed by atoms with Gasteiger partial charge >= 0.3 is 0 Å². The largest absolute Gasteiger partial charge is 0.345 e. The number of hydrogen-bond donors (Lipinski definition) is 0. The highest BCUT2D eigenvalue weighted by Gasteiger charge is 2.05. The molecule has 0 spiro atoms. The quantitative estimate of drug-likeness (QED) is 0.159. The van der Waals surface area contributed by atoms with Crippen LogP contribution in [-0.4, -0.2) is 21.1 Å². The van der Waals surface area contributed by atoms with Crippen LogP contribution in [0.4, 0.5) is 34.1 Å². The molecule has 0 bridgehead atoms. The van der Waals surface area contributed by atoms with Crippen LogP contribution >= 0.6 is 0 Å². The maximum absolute atomic E-state index is 2.25. The van der Waals surface area contributed by atoms with Crippen molar-refractivity contribution < 1.29 is 0 Å². The standard InChI is InChI=1S/C15H17N.C15H16.C14H15N.C13H13N/c1-12-6-4-8-14(10-12)16(3)15-9-5-7-13(2)11-15;1-11-5-4-6-14(9-11)15-8-7-12(2)13(3)10-15;1-12-7-6-10-14(11-12)15(2)13-8-4-3-5-9-13;1-14(12-8-4-2-5-9-12)13-10-6-3-7-11-13/h4-11H,1-3H3;4-10H,1-3H3;3-11H,1-2H3;2-11H,1H3. The Morgan fingerprint density at radius 2 is 0.533 bits per heavy atom. The van der Waals surface area contributed by atoms with Crippen molar-refractivity contribution in [3.63, 3.8) is 0 Å². The van der Waals surface area contributed by atoms with Gasteiger partial charge < -0.3 is 14.7 Å². The highest BCUT2D eigenvalue weighted by molar-refractivity contribution is 5.66. The lowest BCUT2D eigenvalue weighted by Gasteiger charge is -2.20. The summed E-state index contributed by atoms with van der Waals surface area (Å²) in [7, 11) is 6.26. The summed E-state index contributed by atoms with van der Waals surface area (Å²) in [6, 6.07) is 71.9. The maximum atomic E-state index is 2.25. The van der Waals surface area contributed by atoms with Crippen LogP contribution in [0.5, 0.6) is 0 Å². The monoisotopic (exact) mass is 787 g/mol. The van der Waals surface area contributed by atoms with Crippen LogP contribution in [-0.2, 0) is 0 Å². The van der Waals surface area contributed by atoms with Crippen LogP contribution in [0.25, 0.3) is 11.1 Å². The lowest BCUT2D eigenvalue weighted by atomic mass is 9.99. The normalized spacial score (nSPS) is 10.1. The predicted molar refractivity (Wildman–Crippen MR) is 263 cm³/mol. The fourth-order valence-corrected chi connectivity index (χ4v) is 6.66. The minimum Gasteiger partial charge on any atom is -0.345 e. The molecule has 0 atom stereocenters. The molecule has 8 rings (SSSR count). The second-order valence-corrected chi connectivity index (χ2v) is 15.4. The Kier molecular flexibility index (Phi) is 16.5. The summed E-state index contributed by atoms with van der Waals surface area (Å²) in [5.74, 6) is 0. The molecule has 3 nitrogen and oxygen atoms in total. The van der Waals surface area contributed by atoms with Crippen molar-refractivity contribution in [3.05, 3.63) is 240 Å². The lowest BCUT2D eigenvalue weighted by molar-refractivity contribution is 1.19. The Labute approximate surface area is 360 Å². The summed E-state index contributed by atoms with van der Waals surface area (Å²) >= 11 is 0. The van der Waals surface area contributed by atoms with Gasteiger partial charge in [0.2, 0.25) is 0 Å². The molecule has 0 saturated heterocycles. The van der Waals surface area contributed by atoms with Crippen molar-refractivity contribution in [2.45, 2.75) is 41.5 Å².